The highest BCUT2D eigenvalue weighted by molar-refractivity contribution is 14.0. The maximum absolute atomic E-state index is 4.86. The molecule has 2 saturated heterocycles. The second kappa shape index (κ2) is 11.0. The Morgan fingerprint density at radius 3 is 2.52 bits per heavy atom. The van der Waals surface area contributed by atoms with Crippen molar-refractivity contribution in [1.29, 1.82) is 0 Å². The minimum Gasteiger partial charge on any atom is -0.357 e. The number of likely N-dealkylation sites (tertiary alicyclic amines) is 1. The summed E-state index contributed by atoms with van der Waals surface area (Å²) in [6.07, 6.45) is 6.77. The molecule has 136 valence electrons. The van der Waals surface area contributed by atoms with Crippen molar-refractivity contribution in [1.82, 2.24) is 15.5 Å². The zero-order valence-electron chi connectivity index (χ0n) is 15.1. The van der Waals surface area contributed by atoms with E-state index >= 15 is 0 Å². The van der Waals surface area contributed by atoms with Gasteiger partial charge in [-0.3, -0.25) is 9.89 Å². The molecule has 1 atom stereocenters. The Labute approximate surface area is 164 Å². The van der Waals surface area contributed by atoms with Crippen LogP contribution in [0.2, 0.25) is 0 Å². The van der Waals surface area contributed by atoms with Crippen LogP contribution in [0.5, 0.6) is 0 Å². The Hall–Kier alpha value is 0.310. The van der Waals surface area contributed by atoms with Crippen molar-refractivity contribution in [3.8, 4) is 0 Å². The lowest BCUT2D eigenvalue weighted by atomic mass is 9.99. The number of guanidine groups is 1. The molecule has 6 heteroatoms. The average Bonchev–Trinajstić information content (AvgIpc) is 3.04. The molecule has 2 heterocycles. The Bertz CT molecular complexity index is 351. The number of piperidine rings is 1. The summed E-state index contributed by atoms with van der Waals surface area (Å²) in [6.45, 7) is 12.1. The molecule has 4 nitrogen and oxygen atoms in total. The summed E-state index contributed by atoms with van der Waals surface area (Å²) in [5.74, 6) is 2.31. The number of nitrogens with zero attached hydrogens (tertiary/aromatic N) is 2. The first-order chi connectivity index (χ1) is 10.6. The number of rotatable bonds is 6. The number of halogens is 1. The molecule has 1 unspecified atom stereocenters. The van der Waals surface area contributed by atoms with E-state index in [1.807, 2.05) is 0 Å². The van der Waals surface area contributed by atoms with Gasteiger partial charge in [0.25, 0.3) is 0 Å². The molecule has 0 aromatic carbocycles. The number of nitrogens with one attached hydrogen (secondary N) is 2. The number of hydrogen-bond donors (Lipinski definition) is 2. The van der Waals surface area contributed by atoms with Gasteiger partial charge < -0.3 is 10.6 Å². The van der Waals surface area contributed by atoms with Crippen molar-refractivity contribution in [2.45, 2.75) is 63.7 Å². The largest absolute Gasteiger partial charge is 0.357 e. The summed E-state index contributed by atoms with van der Waals surface area (Å²) >= 11 is 2.10. The summed E-state index contributed by atoms with van der Waals surface area (Å²) in [5.41, 5.74) is 0.158. The van der Waals surface area contributed by atoms with Gasteiger partial charge in [0.15, 0.2) is 5.96 Å². The maximum atomic E-state index is 4.86. The lowest BCUT2D eigenvalue weighted by Crippen LogP contribution is -2.50. The quantitative estimate of drug-likeness (QED) is 0.367. The van der Waals surface area contributed by atoms with Crippen LogP contribution in [0.15, 0.2) is 4.99 Å². The highest BCUT2D eigenvalue weighted by Gasteiger charge is 2.27. The first kappa shape index (κ1) is 21.4. The third-order valence-corrected chi connectivity index (χ3v) is 6.10. The monoisotopic (exact) mass is 454 g/mol. The normalized spacial score (nSPS) is 23.4. The van der Waals surface area contributed by atoms with Crippen LogP contribution in [0.1, 0.15) is 52.9 Å². The molecule has 0 radical (unpaired) electrons. The fourth-order valence-corrected chi connectivity index (χ4v) is 4.43. The maximum Gasteiger partial charge on any atom is 0.191 e. The highest BCUT2D eigenvalue weighted by atomic mass is 127. The summed E-state index contributed by atoms with van der Waals surface area (Å²) in [7, 11) is 0. The number of thioether (sulfide) groups is 1. The van der Waals surface area contributed by atoms with Gasteiger partial charge in [-0.2, -0.15) is 11.8 Å². The molecule has 0 amide bonds. The van der Waals surface area contributed by atoms with Gasteiger partial charge in [0.2, 0.25) is 0 Å². The first-order valence-electron chi connectivity index (χ1n) is 9.00. The predicted octanol–water partition coefficient (Wildman–Crippen LogP) is 3.32. The van der Waals surface area contributed by atoms with E-state index in [-0.39, 0.29) is 29.5 Å². The molecule has 2 N–H and O–H groups in total. The van der Waals surface area contributed by atoms with E-state index in [1.165, 1.54) is 50.9 Å². The molecule has 0 bridgehead atoms. The van der Waals surface area contributed by atoms with Gasteiger partial charge >= 0.3 is 0 Å². The lowest BCUT2D eigenvalue weighted by Gasteiger charge is -2.40. The minimum absolute atomic E-state index is 0. The van der Waals surface area contributed by atoms with E-state index in [0.717, 1.165) is 30.8 Å². The van der Waals surface area contributed by atoms with Crippen molar-refractivity contribution < 1.29 is 0 Å². The van der Waals surface area contributed by atoms with Crippen LogP contribution in [0.25, 0.3) is 0 Å². The summed E-state index contributed by atoms with van der Waals surface area (Å²) in [4.78, 5) is 7.47. The fourth-order valence-electron chi connectivity index (χ4n) is 3.23. The van der Waals surface area contributed by atoms with Gasteiger partial charge in [-0.25, -0.2) is 0 Å². The SMILES string of the molecule is CCNC(=NCC(C)(C)N1CCCCC1)NCC1CCCS1.I. The molecule has 0 aromatic heterocycles. The van der Waals surface area contributed by atoms with Crippen LogP contribution in [0.3, 0.4) is 0 Å². The van der Waals surface area contributed by atoms with Crippen LogP contribution in [-0.4, -0.2) is 60.1 Å². The molecule has 2 rings (SSSR count). The predicted molar refractivity (Wildman–Crippen MR) is 114 cm³/mol. The first-order valence-corrected chi connectivity index (χ1v) is 10.1. The topological polar surface area (TPSA) is 39.7 Å². The van der Waals surface area contributed by atoms with Crippen molar-refractivity contribution in [3.63, 3.8) is 0 Å². The zero-order chi connectivity index (χ0) is 15.8. The summed E-state index contributed by atoms with van der Waals surface area (Å²) in [6, 6.07) is 0. The van der Waals surface area contributed by atoms with E-state index < -0.39 is 0 Å². The number of aliphatic imine (C=N–C) groups is 1. The van der Waals surface area contributed by atoms with E-state index in [9.17, 15) is 0 Å². The molecule has 0 aromatic rings. The van der Waals surface area contributed by atoms with Gasteiger partial charge in [0.1, 0.15) is 0 Å². The van der Waals surface area contributed by atoms with Crippen molar-refractivity contribution in [3.05, 3.63) is 0 Å². The molecular formula is C17H35IN4S. The highest BCUT2D eigenvalue weighted by Crippen LogP contribution is 2.25. The van der Waals surface area contributed by atoms with Gasteiger partial charge in [-0.15, -0.1) is 24.0 Å². The van der Waals surface area contributed by atoms with Crippen molar-refractivity contribution in [2.24, 2.45) is 4.99 Å². The van der Waals surface area contributed by atoms with Gasteiger partial charge in [-0.05, 0) is 65.3 Å². The molecule has 2 fully saturated rings. The molecule has 0 saturated carbocycles. The molecular weight excluding hydrogens is 419 g/mol. The molecule has 0 aliphatic carbocycles. The smallest absolute Gasteiger partial charge is 0.191 e. The minimum atomic E-state index is 0. The third-order valence-electron chi connectivity index (χ3n) is 4.70. The van der Waals surface area contributed by atoms with Gasteiger partial charge in [-0.1, -0.05) is 6.42 Å². The average molecular weight is 454 g/mol. The van der Waals surface area contributed by atoms with E-state index in [4.69, 9.17) is 4.99 Å². The van der Waals surface area contributed by atoms with E-state index in [0.29, 0.717) is 0 Å². The lowest BCUT2D eigenvalue weighted by molar-refractivity contribution is 0.102. The summed E-state index contributed by atoms with van der Waals surface area (Å²) < 4.78 is 0. The van der Waals surface area contributed by atoms with E-state index in [2.05, 4.69) is 48.1 Å². The Kier molecular flexibility index (Phi) is 10.2. The summed E-state index contributed by atoms with van der Waals surface area (Å²) in [5, 5.41) is 7.69. The Balaban J connectivity index is 0.00000264. The standard InChI is InChI=1S/C17H34N4S.HI/c1-4-18-16(19-13-15-9-8-12-22-15)20-14-17(2,3)21-10-6-5-7-11-21;/h15H,4-14H2,1-3H3,(H2,18,19,20);1H. The number of hydrogen-bond acceptors (Lipinski definition) is 3. The van der Waals surface area contributed by atoms with Crippen LogP contribution in [0, 0.1) is 0 Å². The Morgan fingerprint density at radius 1 is 1.17 bits per heavy atom. The van der Waals surface area contributed by atoms with Gasteiger partial charge in [0.05, 0.1) is 6.54 Å². The van der Waals surface area contributed by atoms with Gasteiger partial charge in [0, 0.05) is 23.9 Å². The zero-order valence-corrected chi connectivity index (χ0v) is 18.2. The van der Waals surface area contributed by atoms with Crippen molar-refractivity contribution >= 4 is 41.7 Å². The van der Waals surface area contributed by atoms with Crippen LogP contribution >= 0.6 is 35.7 Å². The molecule has 2 aliphatic heterocycles. The molecule has 0 spiro atoms. The van der Waals surface area contributed by atoms with Crippen LogP contribution in [0.4, 0.5) is 0 Å². The van der Waals surface area contributed by atoms with Crippen LogP contribution in [-0.2, 0) is 0 Å². The van der Waals surface area contributed by atoms with Crippen molar-refractivity contribution in [2.75, 3.05) is 38.5 Å². The second-order valence-corrected chi connectivity index (χ2v) is 8.48. The fraction of sp³-hybridized carbons (Fsp3) is 0.941. The molecule has 2 aliphatic rings. The molecule has 23 heavy (non-hydrogen) atoms. The Morgan fingerprint density at radius 2 is 1.91 bits per heavy atom. The van der Waals surface area contributed by atoms with E-state index in [1.54, 1.807) is 0 Å². The second-order valence-electron chi connectivity index (χ2n) is 7.07. The third kappa shape index (κ3) is 7.38. The van der Waals surface area contributed by atoms with Crippen LogP contribution < -0.4 is 10.6 Å².